The fraction of sp³-hybridized carbons (Fsp3) is 0.0196. The van der Waals surface area contributed by atoms with Gasteiger partial charge >= 0.3 is 0 Å². The van der Waals surface area contributed by atoms with Gasteiger partial charge in [0.05, 0.1) is 29.2 Å². The summed E-state index contributed by atoms with van der Waals surface area (Å²) >= 11 is 0. The summed E-state index contributed by atoms with van der Waals surface area (Å²) in [5.41, 5.74) is 12.7. The molecule has 0 aliphatic carbocycles. The number of benzene rings is 8. The molecule has 11 aromatic rings. The van der Waals surface area contributed by atoms with E-state index < -0.39 is 0 Å². The summed E-state index contributed by atoms with van der Waals surface area (Å²) in [6.07, 6.45) is 0. The van der Waals surface area contributed by atoms with Gasteiger partial charge in [-0.05, 0) is 107 Å². The zero-order valence-electron chi connectivity index (χ0n) is 31.0. The monoisotopic (exact) mass is 734 g/mol. The maximum atomic E-state index is 6.41. The van der Waals surface area contributed by atoms with Gasteiger partial charge in [-0.25, -0.2) is 0 Å². The highest BCUT2D eigenvalue weighted by Crippen LogP contribution is 2.38. The Morgan fingerprint density at radius 3 is 1.25 bits per heavy atom. The minimum absolute atomic E-state index is 0.428. The molecule has 270 valence electrons. The number of rotatable bonds is 7. The molecule has 0 amide bonds. The topological polar surface area (TPSA) is 58.0 Å². The van der Waals surface area contributed by atoms with E-state index in [0.717, 1.165) is 50.5 Å². The summed E-state index contributed by atoms with van der Waals surface area (Å²) in [5.74, 6) is 1.59. The van der Waals surface area contributed by atoms with Crippen molar-refractivity contribution in [3.8, 4) is 62.3 Å². The molecule has 0 fully saturated rings. The Kier molecular flexibility index (Phi) is 7.60. The Labute approximate surface area is 328 Å². The van der Waals surface area contributed by atoms with Gasteiger partial charge in [-0.15, -0.1) is 10.2 Å². The largest absolute Gasteiger partial charge is 0.497 e. The third kappa shape index (κ3) is 5.49. The average Bonchev–Trinajstić information content (AvgIpc) is 4.00. The van der Waals surface area contributed by atoms with E-state index in [4.69, 9.17) is 9.15 Å². The number of ether oxygens (including phenoxy) is 1. The van der Waals surface area contributed by atoms with Crippen molar-refractivity contribution in [2.45, 2.75) is 0 Å². The van der Waals surface area contributed by atoms with Gasteiger partial charge in [-0.1, -0.05) is 103 Å². The second-order valence-electron chi connectivity index (χ2n) is 14.3. The molecule has 0 bridgehead atoms. The van der Waals surface area contributed by atoms with Crippen LogP contribution in [0.4, 0.5) is 0 Å². The Morgan fingerprint density at radius 2 is 0.772 bits per heavy atom. The fourth-order valence-corrected chi connectivity index (χ4v) is 8.35. The molecule has 0 N–H and O–H groups in total. The number of para-hydroxylation sites is 4. The lowest BCUT2D eigenvalue weighted by atomic mass is 9.95. The predicted molar refractivity (Wildman–Crippen MR) is 231 cm³/mol. The standard InChI is InChI=1S/C51H34N4O2/c1-56-41-18-12-15-35(32-41)50-52-53-51(57-50)38-28-36(33-13-10-16-39(30-33)54-46-23-6-2-19-42(46)43-20-3-7-24-47(43)54)27-37(29-38)34-14-11-17-40(31-34)55-48-25-8-4-21-44(48)45-22-5-9-26-49(45)55/h2-32H,1H3. The van der Waals surface area contributed by atoms with Crippen molar-refractivity contribution >= 4 is 43.6 Å². The SMILES string of the molecule is COc1cccc(-c2nnc(-c3cc(-c4cccc(-n5c6ccccc6c6ccccc65)c4)cc(-c4cccc(-n5c6ccccc6c6ccccc65)c4)c3)o2)c1. The van der Waals surface area contributed by atoms with Gasteiger partial charge in [0, 0.05) is 44.0 Å². The lowest BCUT2D eigenvalue weighted by Gasteiger charge is -2.14. The molecule has 0 radical (unpaired) electrons. The van der Waals surface area contributed by atoms with Gasteiger partial charge in [0.2, 0.25) is 11.8 Å². The minimum atomic E-state index is 0.428. The molecule has 0 spiro atoms. The Bertz CT molecular complexity index is 3030. The summed E-state index contributed by atoms with van der Waals surface area (Å²) in [5, 5.41) is 14.0. The molecule has 0 aliphatic heterocycles. The van der Waals surface area contributed by atoms with Crippen molar-refractivity contribution in [2.75, 3.05) is 7.11 Å². The zero-order valence-corrected chi connectivity index (χ0v) is 31.0. The van der Waals surface area contributed by atoms with Crippen LogP contribution in [0.1, 0.15) is 0 Å². The number of fused-ring (bicyclic) bond motifs is 6. The molecule has 6 heteroatoms. The highest BCUT2D eigenvalue weighted by molar-refractivity contribution is 6.10. The van der Waals surface area contributed by atoms with Crippen LogP contribution in [-0.2, 0) is 0 Å². The third-order valence-corrected chi connectivity index (χ3v) is 11.0. The van der Waals surface area contributed by atoms with E-state index in [1.165, 1.54) is 43.6 Å². The molecule has 0 unspecified atom stereocenters. The lowest BCUT2D eigenvalue weighted by molar-refractivity contribution is 0.415. The van der Waals surface area contributed by atoms with E-state index in [0.29, 0.717) is 11.8 Å². The summed E-state index contributed by atoms with van der Waals surface area (Å²) < 4.78 is 16.6. The Balaban J connectivity index is 1.09. The molecule has 0 atom stereocenters. The highest BCUT2D eigenvalue weighted by Gasteiger charge is 2.18. The first-order valence-corrected chi connectivity index (χ1v) is 19.0. The number of hydrogen-bond donors (Lipinski definition) is 0. The van der Waals surface area contributed by atoms with Gasteiger partial charge in [0.25, 0.3) is 0 Å². The van der Waals surface area contributed by atoms with Crippen LogP contribution in [0.5, 0.6) is 5.75 Å². The first-order valence-electron chi connectivity index (χ1n) is 19.0. The van der Waals surface area contributed by atoms with Crippen molar-refractivity contribution < 1.29 is 9.15 Å². The number of aromatic nitrogens is 4. The van der Waals surface area contributed by atoms with Crippen LogP contribution in [0.2, 0.25) is 0 Å². The van der Waals surface area contributed by atoms with Crippen LogP contribution in [-0.4, -0.2) is 26.4 Å². The molecule has 57 heavy (non-hydrogen) atoms. The molecule has 3 aromatic heterocycles. The summed E-state index contributed by atoms with van der Waals surface area (Å²) in [4.78, 5) is 0. The maximum Gasteiger partial charge on any atom is 0.248 e. The van der Waals surface area contributed by atoms with Gasteiger partial charge in [0.15, 0.2) is 0 Å². The summed E-state index contributed by atoms with van der Waals surface area (Å²) in [6.45, 7) is 0. The normalized spacial score (nSPS) is 11.6. The number of hydrogen-bond acceptors (Lipinski definition) is 4. The van der Waals surface area contributed by atoms with Gasteiger partial charge in [-0.3, -0.25) is 0 Å². The highest BCUT2D eigenvalue weighted by atomic mass is 16.5. The van der Waals surface area contributed by atoms with E-state index in [2.05, 4.69) is 183 Å². The van der Waals surface area contributed by atoms with Crippen LogP contribution < -0.4 is 4.74 Å². The number of methoxy groups -OCH3 is 1. The minimum Gasteiger partial charge on any atom is -0.497 e. The van der Waals surface area contributed by atoms with Gasteiger partial charge in [0.1, 0.15) is 5.75 Å². The molecule has 0 saturated carbocycles. The van der Waals surface area contributed by atoms with Crippen molar-refractivity contribution in [1.82, 2.24) is 19.3 Å². The molecular formula is C51H34N4O2. The molecule has 6 nitrogen and oxygen atoms in total. The van der Waals surface area contributed by atoms with Crippen molar-refractivity contribution in [1.29, 1.82) is 0 Å². The third-order valence-electron chi connectivity index (χ3n) is 11.0. The van der Waals surface area contributed by atoms with E-state index in [9.17, 15) is 0 Å². The first-order chi connectivity index (χ1) is 28.2. The van der Waals surface area contributed by atoms with Crippen LogP contribution in [0.25, 0.3) is 100 Å². The quantitative estimate of drug-likeness (QED) is 0.164. The van der Waals surface area contributed by atoms with Crippen molar-refractivity contribution in [3.05, 3.63) is 188 Å². The van der Waals surface area contributed by atoms with Crippen LogP contribution in [0.3, 0.4) is 0 Å². The Morgan fingerprint density at radius 1 is 0.368 bits per heavy atom. The van der Waals surface area contributed by atoms with Crippen molar-refractivity contribution in [3.63, 3.8) is 0 Å². The molecular weight excluding hydrogens is 701 g/mol. The predicted octanol–water partition coefficient (Wildman–Crippen LogP) is 12.9. The van der Waals surface area contributed by atoms with E-state index in [1.54, 1.807) is 7.11 Å². The van der Waals surface area contributed by atoms with Crippen LogP contribution in [0, 0.1) is 0 Å². The van der Waals surface area contributed by atoms with Crippen molar-refractivity contribution in [2.24, 2.45) is 0 Å². The average molecular weight is 735 g/mol. The van der Waals surface area contributed by atoms with Crippen LogP contribution in [0.15, 0.2) is 192 Å². The lowest BCUT2D eigenvalue weighted by Crippen LogP contribution is -1.95. The van der Waals surface area contributed by atoms with Gasteiger partial charge < -0.3 is 18.3 Å². The first kappa shape index (κ1) is 32.7. The fourth-order valence-electron chi connectivity index (χ4n) is 8.35. The van der Waals surface area contributed by atoms with E-state index in [-0.39, 0.29) is 0 Å². The Hall–Kier alpha value is -7.70. The molecule has 0 aliphatic rings. The molecule has 8 aromatic carbocycles. The smallest absolute Gasteiger partial charge is 0.248 e. The second-order valence-corrected chi connectivity index (χ2v) is 14.3. The zero-order chi connectivity index (χ0) is 37.9. The van der Waals surface area contributed by atoms with Gasteiger partial charge in [-0.2, -0.15) is 0 Å². The van der Waals surface area contributed by atoms with E-state index in [1.807, 2.05) is 24.3 Å². The molecule has 0 saturated heterocycles. The summed E-state index contributed by atoms with van der Waals surface area (Å²) in [6, 6.07) is 66.2. The second kappa shape index (κ2) is 13.3. The van der Waals surface area contributed by atoms with E-state index >= 15 is 0 Å². The maximum absolute atomic E-state index is 6.41. The summed E-state index contributed by atoms with van der Waals surface area (Å²) in [7, 11) is 1.65. The molecule has 11 rings (SSSR count). The molecule has 3 heterocycles. The number of nitrogens with zero attached hydrogens (tertiary/aromatic N) is 4. The van der Waals surface area contributed by atoms with Crippen LogP contribution >= 0.6 is 0 Å².